The highest BCUT2D eigenvalue weighted by Crippen LogP contribution is 2.49. The number of carbonyl (C=O) groups excluding carboxylic acids is 1. The molecule has 1 amide bonds. The number of hydrogen-bond donors (Lipinski definition) is 2. The van der Waals surface area contributed by atoms with E-state index in [2.05, 4.69) is 29.4 Å². The lowest BCUT2D eigenvalue weighted by Gasteiger charge is -2.42. The number of carbonyl (C=O) groups is 2. The zero-order valence-corrected chi connectivity index (χ0v) is 21.2. The molecule has 0 aromatic heterocycles. The summed E-state index contributed by atoms with van der Waals surface area (Å²) in [6.45, 7) is 1.82. The number of likely N-dealkylation sites (N-methyl/N-ethyl adjacent to an activating group) is 1. The number of ether oxygens (including phenoxy) is 2. The second kappa shape index (κ2) is 11.0. The zero-order chi connectivity index (χ0) is 25.0. The number of carboxylic acid groups (broad SMARTS) is 1. The van der Waals surface area contributed by atoms with Crippen LogP contribution in [0.2, 0.25) is 0 Å². The molecular formula is C27H39N3O5. The Morgan fingerprint density at radius 1 is 1.14 bits per heavy atom. The third-order valence-electron chi connectivity index (χ3n) is 8.56. The molecule has 2 saturated carbocycles. The number of amides is 1. The molecule has 1 aromatic rings. The van der Waals surface area contributed by atoms with Crippen molar-refractivity contribution in [1.82, 2.24) is 10.2 Å². The van der Waals surface area contributed by atoms with Gasteiger partial charge in [0.05, 0.1) is 20.1 Å². The van der Waals surface area contributed by atoms with Gasteiger partial charge in [-0.25, -0.2) is 0 Å². The number of fused-ring (bicyclic) bond motifs is 1. The molecule has 2 N–H and O–H groups in total. The van der Waals surface area contributed by atoms with Gasteiger partial charge in [0.2, 0.25) is 5.91 Å². The van der Waals surface area contributed by atoms with Crippen molar-refractivity contribution in [3.8, 4) is 11.5 Å². The normalized spacial score (nSPS) is 30.0. The molecule has 0 unspecified atom stereocenters. The first kappa shape index (κ1) is 25.5. The smallest absolute Gasteiger partial charge is 0.306 e. The molecule has 1 aromatic carbocycles. The van der Waals surface area contributed by atoms with Crippen molar-refractivity contribution in [2.24, 2.45) is 16.8 Å². The number of nitrogens with one attached hydrogen (secondary N) is 1. The largest absolute Gasteiger partial charge is 0.493 e. The summed E-state index contributed by atoms with van der Waals surface area (Å²) >= 11 is 0. The van der Waals surface area contributed by atoms with Crippen LogP contribution in [0.4, 0.5) is 0 Å². The number of hydrogen-bond acceptors (Lipinski definition) is 6. The molecule has 192 valence electrons. The second-order valence-electron chi connectivity index (χ2n) is 10.4. The highest BCUT2D eigenvalue weighted by atomic mass is 16.5. The monoisotopic (exact) mass is 485 g/mol. The van der Waals surface area contributed by atoms with Gasteiger partial charge in [0.25, 0.3) is 0 Å². The summed E-state index contributed by atoms with van der Waals surface area (Å²) < 4.78 is 11.0. The lowest BCUT2D eigenvalue weighted by molar-refractivity contribution is -0.143. The lowest BCUT2D eigenvalue weighted by Crippen LogP contribution is -2.46. The molecule has 8 nitrogen and oxygen atoms in total. The molecule has 3 fully saturated rings. The van der Waals surface area contributed by atoms with Crippen LogP contribution in [0.1, 0.15) is 56.9 Å². The third-order valence-corrected chi connectivity index (χ3v) is 8.56. The van der Waals surface area contributed by atoms with Crippen molar-refractivity contribution in [2.75, 3.05) is 40.9 Å². The van der Waals surface area contributed by atoms with Gasteiger partial charge in [0.1, 0.15) is 6.54 Å². The minimum absolute atomic E-state index is 0.0469. The van der Waals surface area contributed by atoms with Gasteiger partial charge in [-0.05, 0) is 82.2 Å². The molecule has 0 bridgehead atoms. The fourth-order valence-electron chi connectivity index (χ4n) is 6.34. The van der Waals surface area contributed by atoms with E-state index in [0.717, 1.165) is 62.3 Å². The Morgan fingerprint density at radius 2 is 1.89 bits per heavy atom. The second-order valence-corrected chi connectivity index (χ2v) is 10.4. The van der Waals surface area contributed by atoms with E-state index in [1.54, 1.807) is 14.2 Å². The van der Waals surface area contributed by atoms with E-state index in [1.807, 2.05) is 6.07 Å². The van der Waals surface area contributed by atoms with Crippen LogP contribution in [-0.4, -0.2) is 74.5 Å². The molecule has 0 spiro atoms. The van der Waals surface area contributed by atoms with Crippen LogP contribution in [0.15, 0.2) is 23.2 Å². The minimum Gasteiger partial charge on any atom is -0.493 e. The number of likely N-dealkylation sites (tertiary alicyclic amines) is 1. The molecule has 4 rings (SSSR count). The summed E-state index contributed by atoms with van der Waals surface area (Å²) in [5.74, 6) is 0.911. The molecule has 3 aliphatic rings. The summed E-state index contributed by atoms with van der Waals surface area (Å²) in [6, 6.07) is 6.65. The fraction of sp³-hybridized carbons (Fsp3) is 0.667. The van der Waals surface area contributed by atoms with Crippen molar-refractivity contribution in [3.63, 3.8) is 0 Å². The van der Waals surface area contributed by atoms with Crippen LogP contribution in [0.3, 0.4) is 0 Å². The van der Waals surface area contributed by atoms with Crippen molar-refractivity contribution < 1.29 is 24.2 Å². The zero-order valence-electron chi connectivity index (χ0n) is 21.2. The van der Waals surface area contributed by atoms with Gasteiger partial charge in [0.15, 0.2) is 11.5 Å². The average molecular weight is 486 g/mol. The van der Waals surface area contributed by atoms with E-state index in [4.69, 9.17) is 19.6 Å². The molecule has 0 radical (unpaired) electrons. The molecule has 1 heterocycles. The summed E-state index contributed by atoms with van der Waals surface area (Å²) in [4.78, 5) is 30.7. The minimum atomic E-state index is -0.696. The van der Waals surface area contributed by atoms with Crippen LogP contribution >= 0.6 is 0 Å². The number of aliphatic imine (C=N–C) groups is 1. The Labute approximate surface area is 208 Å². The van der Waals surface area contributed by atoms with Gasteiger partial charge in [-0.1, -0.05) is 6.07 Å². The maximum atomic E-state index is 12.5. The number of carboxylic acids is 1. The molecular weight excluding hydrogens is 446 g/mol. The highest BCUT2D eigenvalue weighted by Gasteiger charge is 2.49. The number of methoxy groups -OCH3 is 2. The van der Waals surface area contributed by atoms with Gasteiger partial charge in [-0.3, -0.25) is 14.6 Å². The average Bonchev–Trinajstić information content (AvgIpc) is 3.22. The Balaban J connectivity index is 1.34. The first-order valence-corrected chi connectivity index (χ1v) is 12.8. The number of aliphatic carboxylic acids is 1. The Bertz CT molecular complexity index is 956. The van der Waals surface area contributed by atoms with Gasteiger partial charge in [-0.15, -0.1) is 0 Å². The quantitative estimate of drug-likeness (QED) is 0.586. The van der Waals surface area contributed by atoms with E-state index in [1.165, 1.54) is 5.56 Å². The van der Waals surface area contributed by atoms with Gasteiger partial charge >= 0.3 is 5.97 Å². The van der Waals surface area contributed by atoms with E-state index in [-0.39, 0.29) is 23.8 Å². The van der Waals surface area contributed by atoms with Crippen molar-refractivity contribution in [3.05, 3.63) is 23.8 Å². The predicted molar refractivity (Wildman–Crippen MR) is 135 cm³/mol. The van der Waals surface area contributed by atoms with Crippen molar-refractivity contribution >= 4 is 17.6 Å². The van der Waals surface area contributed by atoms with E-state index in [9.17, 15) is 9.59 Å². The molecule has 2 aliphatic carbocycles. The summed E-state index contributed by atoms with van der Waals surface area (Å²) in [5.41, 5.74) is 2.47. The number of rotatable bonds is 8. The SMILES string of the molecule is COc1ccc([C@@]23CCC(=NCC(=O)NCC4CCC(C(=O)O)CC4)C[C@@H]2N(C)CC3)cc1OC. The standard InChI is InChI=1S/C27H39N3O5/c1-30-13-12-27(20-8-9-22(34-2)23(14-20)35-3)11-10-21(15-24(27)30)28-17-25(31)29-16-18-4-6-19(7-5-18)26(32)33/h8-9,14,18-19,24H,4-7,10-13,15-17H2,1-3H3,(H,29,31)(H,32,33)/t18?,19?,24-,27-/m0/s1. The predicted octanol–water partition coefficient (Wildman–Crippen LogP) is 3.28. The van der Waals surface area contributed by atoms with Gasteiger partial charge < -0.3 is 24.8 Å². The molecule has 1 saturated heterocycles. The highest BCUT2D eigenvalue weighted by molar-refractivity contribution is 5.89. The maximum absolute atomic E-state index is 12.5. The summed E-state index contributed by atoms with van der Waals surface area (Å²) in [5, 5.41) is 12.2. The maximum Gasteiger partial charge on any atom is 0.306 e. The topological polar surface area (TPSA) is 100 Å². The van der Waals surface area contributed by atoms with Gasteiger partial charge in [-0.2, -0.15) is 0 Å². The first-order valence-electron chi connectivity index (χ1n) is 12.8. The molecule has 35 heavy (non-hydrogen) atoms. The number of benzene rings is 1. The van der Waals surface area contributed by atoms with E-state index < -0.39 is 5.97 Å². The van der Waals surface area contributed by atoms with Crippen LogP contribution < -0.4 is 14.8 Å². The summed E-state index contributed by atoms with van der Waals surface area (Å²) in [6.07, 6.45) is 6.99. The summed E-state index contributed by atoms with van der Waals surface area (Å²) in [7, 11) is 5.52. The van der Waals surface area contributed by atoms with Crippen LogP contribution in [0.5, 0.6) is 11.5 Å². The number of nitrogens with zero attached hydrogens (tertiary/aromatic N) is 2. The fourth-order valence-corrected chi connectivity index (χ4v) is 6.34. The Kier molecular flexibility index (Phi) is 7.99. The Morgan fingerprint density at radius 3 is 2.57 bits per heavy atom. The molecule has 8 heteroatoms. The molecule has 2 atom stereocenters. The van der Waals surface area contributed by atoms with Crippen molar-refractivity contribution in [2.45, 2.75) is 62.8 Å². The first-order chi connectivity index (χ1) is 16.9. The van der Waals surface area contributed by atoms with E-state index in [0.29, 0.717) is 31.3 Å². The molecule has 1 aliphatic heterocycles. The van der Waals surface area contributed by atoms with Gasteiger partial charge in [0, 0.05) is 30.1 Å². The van der Waals surface area contributed by atoms with Crippen molar-refractivity contribution in [1.29, 1.82) is 0 Å². The third kappa shape index (κ3) is 5.47. The van der Waals surface area contributed by atoms with Crippen LogP contribution in [0.25, 0.3) is 0 Å². The lowest BCUT2D eigenvalue weighted by atomic mass is 9.65. The van der Waals surface area contributed by atoms with Crippen LogP contribution in [0, 0.1) is 11.8 Å². The van der Waals surface area contributed by atoms with E-state index >= 15 is 0 Å². The van der Waals surface area contributed by atoms with Crippen LogP contribution in [-0.2, 0) is 15.0 Å². The Hall–Kier alpha value is -2.61.